The number of hydrogen-bond acceptors (Lipinski definition) is 3. The van der Waals surface area contributed by atoms with Gasteiger partial charge in [0.2, 0.25) is 0 Å². The maximum absolute atomic E-state index is 6.00. The number of nitrogens with two attached hydrogens (primary N) is 1. The summed E-state index contributed by atoms with van der Waals surface area (Å²) < 4.78 is 0. The Labute approximate surface area is 120 Å². The van der Waals surface area contributed by atoms with Gasteiger partial charge in [-0.15, -0.1) is 0 Å². The van der Waals surface area contributed by atoms with Crippen LogP contribution in [-0.4, -0.2) is 29.0 Å². The van der Waals surface area contributed by atoms with Crippen LogP contribution in [0.2, 0.25) is 0 Å². The van der Waals surface area contributed by atoms with Crippen LogP contribution in [-0.2, 0) is 6.54 Å². The van der Waals surface area contributed by atoms with E-state index in [2.05, 4.69) is 41.2 Å². The van der Waals surface area contributed by atoms with Crippen LogP contribution in [0.25, 0.3) is 10.9 Å². The van der Waals surface area contributed by atoms with Crippen LogP contribution >= 0.6 is 0 Å². The van der Waals surface area contributed by atoms with Crippen molar-refractivity contribution in [2.75, 3.05) is 7.05 Å². The first-order valence-electron chi connectivity index (χ1n) is 7.52. The zero-order valence-corrected chi connectivity index (χ0v) is 12.1. The average Bonchev–Trinajstić information content (AvgIpc) is 2.48. The number of aromatic nitrogens is 1. The van der Waals surface area contributed by atoms with Crippen molar-refractivity contribution in [3.8, 4) is 0 Å². The Balaban J connectivity index is 1.76. The van der Waals surface area contributed by atoms with Crippen molar-refractivity contribution in [2.24, 2.45) is 5.73 Å². The summed E-state index contributed by atoms with van der Waals surface area (Å²) in [6.07, 6.45) is 6.68. The van der Waals surface area contributed by atoms with Gasteiger partial charge in [-0.3, -0.25) is 9.88 Å². The number of rotatable bonds is 3. The first kappa shape index (κ1) is 13.5. The highest BCUT2D eigenvalue weighted by molar-refractivity contribution is 5.81. The van der Waals surface area contributed by atoms with E-state index in [0.717, 1.165) is 24.9 Å². The van der Waals surface area contributed by atoms with Crippen molar-refractivity contribution >= 4 is 10.9 Å². The second-order valence-electron chi connectivity index (χ2n) is 5.97. The fourth-order valence-corrected chi connectivity index (χ4v) is 3.23. The molecular formula is C17H23N3. The SMILES string of the molecule is CN(Cc1ccnc2ccccc12)C1CCC(N)CC1. The molecule has 1 aromatic carbocycles. The summed E-state index contributed by atoms with van der Waals surface area (Å²) in [4.78, 5) is 6.92. The van der Waals surface area contributed by atoms with E-state index in [1.54, 1.807) is 0 Å². The summed E-state index contributed by atoms with van der Waals surface area (Å²) >= 11 is 0. The van der Waals surface area contributed by atoms with Gasteiger partial charge < -0.3 is 5.73 Å². The van der Waals surface area contributed by atoms with Crippen molar-refractivity contribution in [1.82, 2.24) is 9.88 Å². The zero-order chi connectivity index (χ0) is 13.9. The van der Waals surface area contributed by atoms with Crippen LogP contribution in [0.5, 0.6) is 0 Å². The van der Waals surface area contributed by atoms with Gasteiger partial charge in [-0.2, -0.15) is 0 Å². The molecule has 3 rings (SSSR count). The maximum atomic E-state index is 6.00. The lowest BCUT2D eigenvalue weighted by Crippen LogP contribution is -2.38. The van der Waals surface area contributed by atoms with Gasteiger partial charge in [0.1, 0.15) is 0 Å². The molecule has 0 bridgehead atoms. The van der Waals surface area contributed by atoms with Crippen molar-refractivity contribution in [3.05, 3.63) is 42.1 Å². The topological polar surface area (TPSA) is 42.2 Å². The molecule has 2 aromatic rings. The number of fused-ring (bicyclic) bond motifs is 1. The highest BCUT2D eigenvalue weighted by Crippen LogP contribution is 2.24. The van der Waals surface area contributed by atoms with E-state index in [-0.39, 0.29) is 0 Å². The lowest BCUT2D eigenvalue weighted by Gasteiger charge is -2.33. The van der Waals surface area contributed by atoms with E-state index >= 15 is 0 Å². The molecule has 1 aliphatic carbocycles. The standard InChI is InChI=1S/C17H23N3/c1-20(15-8-6-14(18)7-9-15)12-13-10-11-19-17-5-3-2-4-16(13)17/h2-5,10-11,14-15H,6-9,12,18H2,1H3. The van der Waals surface area contributed by atoms with Crippen molar-refractivity contribution in [1.29, 1.82) is 0 Å². The van der Waals surface area contributed by atoms with Crippen LogP contribution in [0.15, 0.2) is 36.5 Å². The number of benzene rings is 1. The zero-order valence-electron chi connectivity index (χ0n) is 12.1. The number of nitrogens with zero attached hydrogens (tertiary/aromatic N) is 2. The Morgan fingerprint density at radius 2 is 1.90 bits per heavy atom. The molecule has 106 valence electrons. The van der Waals surface area contributed by atoms with Gasteiger partial charge in [-0.25, -0.2) is 0 Å². The summed E-state index contributed by atoms with van der Waals surface area (Å²) in [5.41, 5.74) is 8.45. The highest BCUT2D eigenvalue weighted by atomic mass is 15.1. The second kappa shape index (κ2) is 5.90. The summed E-state index contributed by atoms with van der Waals surface area (Å²) in [5, 5.41) is 1.27. The van der Waals surface area contributed by atoms with E-state index in [1.165, 1.54) is 23.8 Å². The van der Waals surface area contributed by atoms with Crippen LogP contribution in [0.1, 0.15) is 31.2 Å². The minimum atomic E-state index is 0.418. The van der Waals surface area contributed by atoms with E-state index in [1.807, 2.05) is 12.3 Å². The van der Waals surface area contributed by atoms with Gasteiger partial charge in [0.15, 0.2) is 0 Å². The minimum absolute atomic E-state index is 0.418. The molecule has 1 heterocycles. The van der Waals surface area contributed by atoms with E-state index < -0.39 is 0 Å². The monoisotopic (exact) mass is 269 g/mol. The van der Waals surface area contributed by atoms with Crippen molar-refractivity contribution < 1.29 is 0 Å². The fourth-order valence-electron chi connectivity index (χ4n) is 3.23. The molecule has 0 radical (unpaired) electrons. The minimum Gasteiger partial charge on any atom is -0.328 e. The summed E-state index contributed by atoms with van der Waals surface area (Å²) in [5.74, 6) is 0. The Morgan fingerprint density at radius 1 is 1.15 bits per heavy atom. The van der Waals surface area contributed by atoms with Crippen LogP contribution in [0, 0.1) is 0 Å². The number of pyridine rings is 1. The van der Waals surface area contributed by atoms with E-state index in [9.17, 15) is 0 Å². The molecule has 1 fully saturated rings. The molecule has 0 unspecified atom stereocenters. The van der Waals surface area contributed by atoms with Gasteiger partial charge in [0.25, 0.3) is 0 Å². The van der Waals surface area contributed by atoms with Gasteiger partial charge in [0.05, 0.1) is 5.52 Å². The molecule has 0 atom stereocenters. The van der Waals surface area contributed by atoms with Gasteiger partial charge in [-0.1, -0.05) is 18.2 Å². The predicted octanol–water partition coefficient (Wildman–Crippen LogP) is 2.94. The first-order chi connectivity index (χ1) is 9.74. The lowest BCUT2D eigenvalue weighted by atomic mass is 9.90. The lowest BCUT2D eigenvalue weighted by molar-refractivity contribution is 0.177. The molecule has 0 amide bonds. The molecule has 1 aromatic heterocycles. The van der Waals surface area contributed by atoms with Crippen LogP contribution in [0.4, 0.5) is 0 Å². The predicted molar refractivity (Wildman–Crippen MR) is 83.4 cm³/mol. The first-order valence-corrected chi connectivity index (χ1v) is 7.52. The van der Waals surface area contributed by atoms with Gasteiger partial charge in [0, 0.05) is 30.2 Å². The molecular weight excluding hydrogens is 246 g/mol. The molecule has 3 nitrogen and oxygen atoms in total. The third-order valence-electron chi connectivity index (χ3n) is 4.52. The van der Waals surface area contributed by atoms with Crippen molar-refractivity contribution in [3.63, 3.8) is 0 Å². The second-order valence-corrected chi connectivity index (χ2v) is 5.97. The summed E-state index contributed by atoms with van der Waals surface area (Å²) in [7, 11) is 2.23. The Hall–Kier alpha value is -1.45. The third-order valence-corrected chi connectivity index (χ3v) is 4.52. The quantitative estimate of drug-likeness (QED) is 0.931. The van der Waals surface area contributed by atoms with Crippen LogP contribution in [0.3, 0.4) is 0 Å². The molecule has 0 aliphatic heterocycles. The Kier molecular flexibility index (Phi) is 3.99. The molecule has 0 spiro atoms. The van der Waals surface area contributed by atoms with E-state index in [0.29, 0.717) is 12.1 Å². The normalized spacial score (nSPS) is 23.4. The van der Waals surface area contributed by atoms with Crippen LogP contribution < -0.4 is 5.73 Å². The number of hydrogen-bond donors (Lipinski definition) is 1. The number of para-hydroxylation sites is 1. The molecule has 3 heteroatoms. The van der Waals surface area contributed by atoms with E-state index in [4.69, 9.17) is 5.73 Å². The maximum Gasteiger partial charge on any atom is 0.0705 e. The fraction of sp³-hybridized carbons (Fsp3) is 0.471. The summed E-state index contributed by atoms with van der Waals surface area (Å²) in [6.45, 7) is 0.989. The molecule has 1 saturated carbocycles. The average molecular weight is 269 g/mol. The molecule has 1 aliphatic rings. The van der Waals surface area contributed by atoms with Gasteiger partial charge in [-0.05, 0) is 50.4 Å². The summed E-state index contributed by atoms with van der Waals surface area (Å²) in [6, 6.07) is 11.6. The molecule has 2 N–H and O–H groups in total. The largest absolute Gasteiger partial charge is 0.328 e. The smallest absolute Gasteiger partial charge is 0.0705 e. The Bertz CT molecular complexity index is 568. The highest BCUT2D eigenvalue weighted by Gasteiger charge is 2.22. The Morgan fingerprint density at radius 3 is 2.70 bits per heavy atom. The molecule has 0 saturated heterocycles. The van der Waals surface area contributed by atoms with Crippen molar-refractivity contribution in [2.45, 2.75) is 44.3 Å². The third kappa shape index (κ3) is 2.84. The molecule has 20 heavy (non-hydrogen) atoms. The van der Waals surface area contributed by atoms with Gasteiger partial charge >= 0.3 is 0 Å².